The molecule has 3 saturated carbocycles. The molecule has 6 unspecified atom stereocenters. The summed E-state index contributed by atoms with van der Waals surface area (Å²) < 4.78 is 0. The van der Waals surface area contributed by atoms with Gasteiger partial charge in [0.15, 0.2) is 0 Å². The third-order valence-electron chi connectivity index (χ3n) is 8.06. The Hall–Kier alpha value is -0.350. The van der Waals surface area contributed by atoms with Gasteiger partial charge in [0.25, 0.3) is 0 Å². The van der Waals surface area contributed by atoms with Crippen LogP contribution in [0.1, 0.15) is 57.8 Å². The van der Waals surface area contributed by atoms with Crippen LogP contribution < -0.4 is 0 Å². The summed E-state index contributed by atoms with van der Waals surface area (Å²) in [7, 11) is 0.0475. The van der Waals surface area contributed by atoms with Gasteiger partial charge in [-0.25, -0.2) is 0 Å². The smallest absolute Gasteiger partial charge is 0.0105 e. The molecule has 116 valence electrons. The number of rotatable bonds is 3. The topological polar surface area (TPSA) is 0 Å². The quantitative estimate of drug-likeness (QED) is 0.457. The second-order valence-electron chi connectivity index (χ2n) is 9.23. The van der Waals surface area contributed by atoms with Crippen LogP contribution >= 0.6 is 7.92 Å². The van der Waals surface area contributed by atoms with Crippen LogP contribution in [-0.4, -0.2) is 15.5 Å². The molecule has 0 aromatic carbocycles. The molecule has 3 fully saturated rings. The largest absolute Gasteiger partial charge is 0.0845 e. The van der Waals surface area contributed by atoms with E-state index in [1.807, 2.05) is 0 Å². The van der Waals surface area contributed by atoms with Crippen LogP contribution in [0.2, 0.25) is 0 Å². The minimum atomic E-state index is 0.0475. The molecule has 6 aliphatic rings. The lowest BCUT2D eigenvalue weighted by Gasteiger charge is -2.53. The van der Waals surface area contributed by atoms with Crippen LogP contribution in [0.15, 0.2) is 36.5 Å². The molecule has 0 N–H and O–H groups in total. The Morgan fingerprint density at radius 3 is 1.14 bits per heavy atom. The first-order valence-electron chi connectivity index (χ1n) is 9.61. The zero-order chi connectivity index (χ0) is 14.4. The van der Waals surface area contributed by atoms with Crippen molar-refractivity contribution in [2.75, 3.05) is 0 Å². The maximum Gasteiger partial charge on any atom is 0.0105 e. The van der Waals surface area contributed by atoms with Crippen molar-refractivity contribution in [1.82, 2.24) is 0 Å². The van der Waals surface area contributed by atoms with E-state index in [0.29, 0.717) is 15.5 Å². The normalized spacial score (nSPS) is 57.5. The van der Waals surface area contributed by atoms with Crippen molar-refractivity contribution in [3.05, 3.63) is 36.5 Å². The second-order valence-corrected chi connectivity index (χ2v) is 12.6. The van der Waals surface area contributed by atoms with E-state index in [1.54, 1.807) is 0 Å². The van der Waals surface area contributed by atoms with Gasteiger partial charge in [0.1, 0.15) is 0 Å². The highest BCUT2D eigenvalue weighted by atomic mass is 31.1. The van der Waals surface area contributed by atoms with E-state index >= 15 is 0 Å². The first-order chi connectivity index (χ1) is 10.7. The maximum atomic E-state index is 2.75. The summed E-state index contributed by atoms with van der Waals surface area (Å²) in [6.07, 6.45) is 29.6. The third-order valence-corrected chi connectivity index (χ3v) is 12.4. The average molecular weight is 310 g/mol. The summed E-state index contributed by atoms with van der Waals surface area (Å²) in [5, 5.41) is 1.85. The minimum absolute atomic E-state index is 0.0475. The van der Waals surface area contributed by atoms with Crippen molar-refractivity contribution in [1.29, 1.82) is 0 Å². The lowest BCUT2D eigenvalue weighted by atomic mass is 10.1. The number of fused-ring (bicyclic) bond motifs is 6. The van der Waals surface area contributed by atoms with E-state index in [-0.39, 0.29) is 7.92 Å². The van der Waals surface area contributed by atoms with Gasteiger partial charge in [0.2, 0.25) is 0 Å². The summed E-state index contributed by atoms with van der Waals surface area (Å²) in [5.74, 6) is 2.80. The molecule has 0 aromatic rings. The molecule has 1 heteroatoms. The first-order valence-corrected chi connectivity index (χ1v) is 10.9. The molecule has 0 aromatic heterocycles. The minimum Gasteiger partial charge on any atom is -0.0845 e. The van der Waals surface area contributed by atoms with E-state index in [4.69, 9.17) is 0 Å². The highest BCUT2D eigenvalue weighted by Gasteiger charge is 2.64. The van der Waals surface area contributed by atoms with E-state index in [1.165, 1.54) is 57.8 Å². The SMILES string of the molecule is C1=CC2(P(C34C=CC(CC3)C4)C34C=CC(CC3)C4)CCC1C2. The summed E-state index contributed by atoms with van der Waals surface area (Å²) in [5.41, 5.74) is 0. The fraction of sp³-hybridized carbons (Fsp3) is 0.714. The van der Waals surface area contributed by atoms with Gasteiger partial charge in [0.05, 0.1) is 0 Å². The van der Waals surface area contributed by atoms with E-state index in [0.717, 1.165) is 17.8 Å². The monoisotopic (exact) mass is 310 g/mol. The molecule has 0 amide bonds. The van der Waals surface area contributed by atoms with Crippen LogP contribution in [0.4, 0.5) is 0 Å². The molecule has 22 heavy (non-hydrogen) atoms. The Morgan fingerprint density at radius 2 is 0.955 bits per heavy atom. The highest BCUT2D eigenvalue weighted by molar-refractivity contribution is 7.63. The van der Waals surface area contributed by atoms with Gasteiger partial charge < -0.3 is 0 Å². The van der Waals surface area contributed by atoms with Crippen molar-refractivity contribution < 1.29 is 0 Å². The summed E-state index contributed by atoms with van der Waals surface area (Å²) in [6, 6.07) is 0. The molecule has 0 spiro atoms. The molecule has 0 aliphatic heterocycles. The maximum absolute atomic E-state index is 2.75. The number of allylic oxidation sites excluding steroid dienone is 6. The Labute approximate surface area is 135 Å². The Morgan fingerprint density at radius 1 is 0.591 bits per heavy atom. The van der Waals surface area contributed by atoms with Gasteiger partial charge in [0, 0.05) is 15.5 Å². The van der Waals surface area contributed by atoms with Crippen LogP contribution in [0, 0.1) is 17.8 Å². The lowest BCUT2D eigenvalue weighted by Crippen LogP contribution is -2.41. The van der Waals surface area contributed by atoms with Gasteiger partial charge in [-0.1, -0.05) is 44.4 Å². The second kappa shape index (κ2) is 4.00. The van der Waals surface area contributed by atoms with Crippen molar-refractivity contribution >= 4 is 7.92 Å². The van der Waals surface area contributed by atoms with Crippen LogP contribution in [0.25, 0.3) is 0 Å². The Kier molecular flexibility index (Phi) is 2.36. The molecule has 0 heterocycles. The van der Waals surface area contributed by atoms with E-state index < -0.39 is 0 Å². The zero-order valence-corrected chi connectivity index (χ0v) is 14.4. The number of hydrogen-bond donors (Lipinski definition) is 0. The van der Waals surface area contributed by atoms with E-state index in [2.05, 4.69) is 36.5 Å². The lowest BCUT2D eigenvalue weighted by molar-refractivity contribution is 0.614. The van der Waals surface area contributed by atoms with E-state index in [9.17, 15) is 0 Å². The summed E-state index contributed by atoms with van der Waals surface area (Å²) in [6.45, 7) is 0. The molecule has 6 atom stereocenters. The molecule has 6 aliphatic carbocycles. The van der Waals surface area contributed by atoms with Crippen molar-refractivity contribution in [2.45, 2.75) is 73.3 Å². The molecule has 0 saturated heterocycles. The van der Waals surface area contributed by atoms with Crippen molar-refractivity contribution in [3.8, 4) is 0 Å². The van der Waals surface area contributed by atoms with Crippen LogP contribution in [0.3, 0.4) is 0 Å². The van der Waals surface area contributed by atoms with Crippen LogP contribution in [0.5, 0.6) is 0 Å². The average Bonchev–Trinajstić information content (AvgIpc) is 3.35. The zero-order valence-electron chi connectivity index (χ0n) is 13.5. The highest BCUT2D eigenvalue weighted by Crippen LogP contribution is 2.82. The van der Waals surface area contributed by atoms with Crippen LogP contribution in [-0.2, 0) is 0 Å². The molecule has 0 radical (unpaired) electrons. The fourth-order valence-electron chi connectivity index (χ4n) is 7.34. The molecule has 6 bridgehead atoms. The van der Waals surface area contributed by atoms with Gasteiger partial charge in [-0.2, -0.15) is 0 Å². The van der Waals surface area contributed by atoms with Crippen molar-refractivity contribution in [2.24, 2.45) is 17.8 Å². The summed E-state index contributed by atoms with van der Waals surface area (Å²) >= 11 is 0. The molecule has 0 nitrogen and oxygen atoms in total. The van der Waals surface area contributed by atoms with Gasteiger partial charge in [-0.3, -0.25) is 0 Å². The predicted octanol–water partition coefficient (Wildman–Crippen LogP) is 5.79. The Balaban J connectivity index is 1.52. The summed E-state index contributed by atoms with van der Waals surface area (Å²) in [4.78, 5) is 0. The third kappa shape index (κ3) is 1.45. The van der Waals surface area contributed by atoms with Gasteiger partial charge in [-0.15, -0.1) is 0 Å². The van der Waals surface area contributed by atoms with Crippen molar-refractivity contribution in [3.63, 3.8) is 0 Å². The molecular weight excluding hydrogens is 283 g/mol. The predicted molar refractivity (Wildman–Crippen MR) is 94.6 cm³/mol. The fourth-order valence-corrected chi connectivity index (χ4v) is 13.0. The Bertz CT molecular complexity index is 530. The van der Waals surface area contributed by atoms with Gasteiger partial charge in [-0.05, 0) is 75.5 Å². The standard InChI is InChI=1S/C21H27P/c1-7-19(8-2-16(1)13-19)22(20-9-3-17(14-20)4-10-20)21-11-5-18(15-21)6-12-21/h1,3,5,7,9,11,16-18H,2,4,6,8,10,12-15H2. The number of hydrogen-bond acceptors (Lipinski definition) is 0. The molecular formula is C21H27P. The molecule has 6 rings (SSSR count). The van der Waals surface area contributed by atoms with Gasteiger partial charge >= 0.3 is 0 Å². The first kappa shape index (κ1) is 13.0.